The average molecular weight is 211 g/mol. The summed E-state index contributed by atoms with van der Waals surface area (Å²) in [6.45, 7) is 10.4. The lowest BCUT2D eigenvalue weighted by atomic mass is 9.86. The number of amides is 1. The summed E-state index contributed by atoms with van der Waals surface area (Å²) in [6.07, 6.45) is 5.33. The van der Waals surface area contributed by atoms with E-state index >= 15 is 0 Å². The summed E-state index contributed by atoms with van der Waals surface area (Å²) in [5, 5.41) is 0. The van der Waals surface area contributed by atoms with E-state index in [0.717, 1.165) is 12.8 Å². The van der Waals surface area contributed by atoms with Gasteiger partial charge in [0.2, 0.25) is 5.91 Å². The molecule has 2 atom stereocenters. The average Bonchev–Trinajstić information content (AvgIpc) is 2.13. The third-order valence-electron chi connectivity index (χ3n) is 2.97. The van der Waals surface area contributed by atoms with Crippen LogP contribution in [0.3, 0.4) is 0 Å². The third kappa shape index (κ3) is 1.92. The van der Waals surface area contributed by atoms with Crippen LogP contribution in [0.25, 0.3) is 0 Å². The van der Waals surface area contributed by atoms with Crippen molar-refractivity contribution >= 4 is 14.9 Å². The standard InChI is InChI=1S/C11H21NOSi/c1-5-7-8-9-10(6-2)12(11(9)13)14(3)4/h6,9-10,14H,2,5,7-8H2,1,3-4H3. The normalized spacial score (nSPS) is 26.6. The molecule has 0 aromatic heterocycles. The first-order valence-corrected chi connectivity index (χ1v) is 8.40. The number of hydrogen-bond donors (Lipinski definition) is 0. The molecule has 0 bridgehead atoms. The van der Waals surface area contributed by atoms with Gasteiger partial charge in [-0.1, -0.05) is 38.9 Å². The molecule has 0 N–H and O–H groups in total. The van der Waals surface area contributed by atoms with Gasteiger partial charge in [-0.25, -0.2) is 0 Å². The van der Waals surface area contributed by atoms with Crippen LogP contribution in [-0.4, -0.2) is 25.5 Å². The van der Waals surface area contributed by atoms with Gasteiger partial charge in [0, 0.05) is 0 Å². The van der Waals surface area contributed by atoms with Crippen molar-refractivity contribution in [1.82, 2.24) is 4.57 Å². The highest BCUT2D eigenvalue weighted by Crippen LogP contribution is 2.32. The van der Waals surface area contributed by atoms with E-state index in [1.807, 2.05) is 6.08 Å². The maximum atomic E-state index is 11.8. The summed E-state index contributed by atoms with van der Waals surface area (Å²) in [4.78, 5) is 11.8. The maximum Gasteiger partial charge on any atom is 0.220 e. The van der Waals surface area contributed by atoms with Crippen molar-refractivity contribution in [2.45, 2.75) is 45.3 Å². The minimum absolute atomic E-state index is 0.252. The van der Waals surface area contributed by atoms with E-state index in [-0.39, 0.29) is 5.92 Å². The van der Waals surface area contributed by atoms with Crippen molar-refractivity contribution in [3.63, 3.8) is 0 Å². The Hall–Kier alpha value is -0.573. The molecule has 0 radical (unpaired) electrons. The molecule has 2 unspecified atom stereocenters. The molecule has 0 aromatic rings. The Morgan fingerprint density at radius 3 is 2.64 bits per heavy atom. The number of unbranched alkanes of at least 4 members (excludes halogenated alkanes) is 1. The molecule has 2 nitrogen and oxygen atoms in total. The predicted octanol–water partition coefficient (Wildman–Crippen LogP) is 2.17. The van der Waals surface area contributed by atoms with Crippen molar-refractivity contribution in [3.8, 4) is 0 Å². The summed E-state index contributed by atoms with van der Waals surface area (Å²) in [6, 6.07) is 0.348. The minimum atomic E-state index is -0.971. The zero-order chi connectivity index (χ0) is 10.7. The predicted molar refractivity (Wildman–Crippen MR) is 62.7 cm³/mol. The fourth-order valence-corrected chi connectivity index (χ4v) is 3.91. The van der Waals surface area contributed by atoms with Crippen molar-refractivity contribution < 1.29 is 4.79 Å². The third-order valence-corrected chi connectivity index (χ3v) is 4.68. The van der Waals surface area contributed by atoms with Crippen molar-refractivity contribution in [1.29, 1.82) is 0 Å². The van der Waals surface area contributed by atoms with Crippen molar-refractivity contribution in [3.05, 3.63) is 12.7 Å². The van der Waals surface area contributed by atoms with Gasteiger partial charge in [-0.3, -0.25) is 4.79 Å². The second-order valence-electron chi connectivity index (χ2n) is 4.31. The van der Waals surface area contributed by atoms with E-state index < -0.39 is 8.96 Å². The fourth-order valence-electron chi connectivity index (χ4n) is 2.19. The van der Waals surface area contributed by atoms with Crippen LogP contribution in [0.4, 0.5) is 0 Å². The molecule has 0 spiro atoms. The zero-order valence-corrected chi connectivity index (χ0v) is 10.6. The van der Waals surface area contributed by atoms with Crippen LogP contribution < -0.4 is 0 Å². The van der Waals surface area contributed by atoms with Crippen molar-refractivity contribution in [2.75, 3.05) is 0 Å². The quantitative estimate of drug-likeness (QED) is 0.388. The summed E-state index contributed by atoms with van der Waals surface area (Å²) in [5.41, 5.74) is 0. The Balaban J connectivity index is 2.55. The number of carbonyl (C=O) groups is 1. The number of carbonyl (C=O) groups excluding carboxylic acids is 1. The van der Waals surface area contributed by atoms with Crippen LogP contribution in [0.5, 0.6) is 0 Å². The van der Waals surface area contributed by atoms with Crippen LogP contribution in [-0.2, 0) is 4.79 Å². The molecule has 1 fully saturated rings. The molecular weight excluding hydrogens is 190 g/mol. The van der Waals surface area contributed by atoms with Gasteiger partial charge in [-0.15, -0.1) is 6.58 Å². The molecule has 14 heavy (non-hydrogen) atoms. The van der Waals surface area contributed by atoms with Crippen LogP contribution in [0, 0.1) is 5.92 Å². The Labute approximate surface area is 88.7 Å². The first kappa shape index (κ1) is 11.5. The molecule has 1 saturated heterocycles. The molecule has 0 aromatic carbocycles. The van der Waals surface area contributed by atoms with Gasteiger partial charge >= 0.3 is 0 Å². The second-order valence-corrected chi connectivity index (χ2v) is 7.06. The molecule has 0 aliphatic carbocycles. The molecule has 3 heteroatoms. The summed E-state index contributed by atoms with van der Waals surface area (Å²) in [7, 11) is -0.971. The van der Waals surface area contributed by atoms with Gasteiger partial charge in [0.15, 0.2) is 0 Å². The molecule has 1 amide bonds. The highest BCUT2D eigenvalue weighted by atomic mass is 28.3. The maximum absolute atomic E-state index is 11.8. The van der Waals surface area contributed by atoms with Crippen LogP contribution in [0.2, 0.25) is 13.1 Å². The first-order valence-electron chi connectivity index (χ1n) is 5.58. The van der Waals surface area contributed by atoms with Crippen LogP contribution in [0.1, 0.15) is 26.2 Å². The Bertz CT molecular complexity index is 227. The SMILES string of the molecule is C=CC1C(CCCC)C(=O)N1[SiH](C)C. The number of β-lactam (4-membered cyclic amide) rings is 1. The fraction of sp³-hybridized carbons (Fsp3) is 0.727. The van der Waals surface area contributed by atoms with E-state index in [1.165, 1.54) is 6.42 Å². The number of nitrogens with zero attached hydrogens (tertiary/aromatic N) is 1. The van der Waals surface area contributed by atoms with E-state index in [4.69, 9.17) is 0 Å². The lowest BCUT2D eigenvalue weighted by molar-refractivity contribution is -0.145. The van der Waals surface area contributed by atoms with Gasteiger partial charge in [0.1, 0.15) is 8.96 Å². The Kier molecular flexibility index (Phi) is 3.93. The zero-order valence-electron chi connectivity index (χ0n) is 9.49. The molecule has 1 aliphatic rings. The summed E-state index contributed by atoms with van der Waals surface area (Å²) < 4.78 is 2.08. The molecule has 80 valence electrons. The van der Waals surface area contributed by atoms with E-state index in [9.17, 15) is 4.79 Å². The van der Waals surface area contributed by atoms with Gasteiger partial charge in [0.25, 0.3) is 0 Å². The molecule has 1 rings (SSSR count). The largest absolute Gasteiger partial charge is 0.366 e. The number of rotatable bonds is 5. The minimum Gasteiger partial charge on any atom is -0.366 e. The summed E-state index contributed by atoms with van der Waals surface area (Å²) in [5.74, 6) is 0.632. The van der Waals surface area contributed by atoms with Gasteiger partial charge in [0.05, 0.1) is 12.0 Å². The highest BCUT2D eigenvalue weighted by Gasteiger charge is 2.45. The summed E-state index contributed by atoms with van der Waals surface area (Å²) >= 11 is 0. The van der Waals surface area contributed by atoms with Gasteiger partial charge in [-0.05, 0) is 6.42 Å². The Morgan fingerprint density at radius 2 is 2.21 bits per heavy atom. The molecule has 0 saturated carbocycles. The van der Waals surface area contributed by atoms with E-state index in [1.54, 1.807) is 0 Å². The molecule has 1 heterocycles. The van der Waals surface area contributed by atoms with Crippen LogP contribution >= 0.6 is 0 Å². The van der Waals surface area contributed by atoms with Gasteiger partial charge in [-0.2, -0.15) is 0 Å². The number of hydrogen-bond acceptors (Lipinski definition) is 1. The highest BCUT2D eigenvalue weighted by molar-refractivity contribution is 6.56. The monoisotopic (exact) mass is 211 g/mol. The first-order chi connectivity index (χ1) is 6.63. The van der Waals surface area contributed by atoms with Crippen molar-refractivity contribution in [2.24, 2.45) is 5.92 Å². The molecular formula is C11H21NOSi. The van der Waals surface area contributed by atoms with E-state index in [0.29, 0.717) is 11.9 Å². The van der Waals surface area contributed by atoms with Crippen LogP contribution in [0.15, 0.2) is 12.7 Å². The second kappa shape index (κ2) is 4.78. The van der Waals surface area contributed by atoms with Gasteiger partial charge < -0.3 is 4.57 Å². The lowest BCUT2D eigenvalue weighted by Crippen LogP contribution is -2.63. The smallest absolute Gasteiger partial charge is 0.220 e. The van der Waals surface area contributed by atoms with E-state index in [2.05, 4.69) is 31.2 Å². The molecule has 1 aliphatic heterocycles. The topological polar surface area (TPSA) is 20.3 Å². The Morgan fingerprint density at radius 1 is 1.57 bits per heavy atom. The lowest BCUT2D eigenvalue weighted by Gasteiger charge is -2.48.